The molecule has 1 aliphatic carbocycles. The van der Waals surface area contributed by atoms with E-state index in [9.17, 15) is 18.0 Å². The summed E-state index contributed by atoms with van der Waals surface area (Å²) in [5, 5.41) is 3.07. The molecular weight excluding hydrogens is 464 g/mol. The van der Waals surface area contributed by atoms with Gasteiger partial charge in [0.1, 0.15) is 5.69 Å². The number of benzene rings is 2. The number of carbonyl (C=O) groups is 1. The van der Waals surface area contributed by atoms with E-state index >= 15 is 0 Å². The molecule has 2 N–H and O–H groups in total. The minimum Gasteiger partial charge on any atom is -0.349 e. The van der Waals surface area contributed by atoms with Gasteiger partial charge in [0.2, 0.25) is 0 Å². The van der Waals surface area contributed by atoms with Gasteiger partial charge in [-0.15, -0.1) is 0 Å². The molecule has 2 atom stereocenters. The molecule has 1 aliphatic rings. The van der Waals surface area contributed by atoms with Crippen LogP contribution in [0.4, 0.5) is 5.69 Å². The van der Waals surface area contributed by atoms with E-state index in [0.29, 0.717) is 28.4 Å². The number of aryl methyl sites for hydroxylation is 1. The molecule has 8 nitrogen and oxygen atoms in total. The Morgan fingerprint density at radius 2 is 1.77 bits per heavy atom. The number of aromatic nitrogens is 2. The second kappa shape index (κ2) is 9.73. The van der Waals surface area contributed by atoms with Gasteiger partial charge in [-0.2, -0.15) is 0 Å². The smallest absolute Gasteiger partial charge is 0.296 e. The maximum absolute atomic E-state index is 13.3. The summed E-state index contributed by atoms with van der Waals surface area (Å²) >= 11 is 0. The molecule has 0 aliphatic heterocycles. The average Bonchev–Trinajstić information content (AvgIpc) is 3.02. The zero-order chi connectivity index (χ0) is 25.3. The summed E-state index contributed by atoms with van der Waals surface area (Å²) in [4.78, 5) is 26.1. The topological polar surface area (TPSA) is 102 Å². The molecule has 0 radical (unpaired) electrons. The molecule has 186 valence electrons. The van der Waals surface area contributed by atoms with Crippen LogP contribution in [0.3, 0.4) is 0 Å². The van der Waals surface area contributed by atoms with E-state index in [1.807, 2.05) is 6.07 Å². The standard InChI is InChI=1S/C26H32N4O4S/c1-17-9-8-10-20(15-17)27-25(31)23-16-22(14-13-18(23)2)35(33,34)28-24-19(3)29(4)30(26(24)32)21-11-6-5-7-12-21/h5-7,11-14,16-17,20,28H,8-10,15H2,1-4H3,(H,27,31). The summed E-state index contributed by atoms with van der Waals surface area (Å²) in [6, 6.07) is 13.5. The second-order valence-electron chi connectivity index (χ2n) is 9.46. The van der Waals surface area contributed by atoms with Crippen LogP contribution in [0.25, 0.3) is 5.69 Å². The summed E-state index contributed by atoms with van der Waals surface area (Å²) in [7, 11) is -2.42. The van der Waals surface area contributed by atoms with Crippen LogP contribution in [-0.4, -0.2) is 29.7 Å². The van der Waals surface area contributed by atoms with Gasteiger partial charge in [-0.3, -0.25) is 19.0 Å². The lowest BCUT2D eigenvalue weighted by atomic mass is 9.87. The maximum atomic E-state index is 13.3. The Kier molecular flexibility index (Phi) is 6.89. The van der Waals surface area contributed by atoms with E-state index in [4.69, 9.17) is 0 Å². The van der Waals surface area contributed by atoms with Gasteiger partial charge in [-0.25, -0.2) is 13.1 Å². The molecule has 1 amide bonds. The van der Waals surface area contributed by atoms with Gasteiger partial charge in [0.15, 0.2) is 0 Å². The van der Waals surface area contributed by atoms with Gasteiger partial charge in [0.05, 0.1) is 16.3 Å². The van der Waals surface area contributed by atoms with Gasteiger partial charge in [0.25, 0.3) is 21.5 Å². The molecule has 1 heterocycles. The van der Waals surface area contributed by atoms with Gasteiger partial charge in [-0.05, 0) is 62.4 Å². The minimum absolute atomic E-state index is 0.0286. The summed E-state index contributed by atoms with van der Waals surface area (Å²) in [5.74, 6) is 0.279. The molecule has 4 rings (SSSR count). The van der Waals surface area contributed by atoms with Crippen LogP contribution in [0.2, 0.25) is 0 Å². The number of nitrogens with one attached hydrogen (secondary N) is 2. The normalized spacial score (nSPS) is 18.3. The summed E-state index contributed by atoms with van der Waals surface area (Å²) in [6.07, 6.45) is 4.08. The molecule has 0 bridgehead atoms. The Morgan fingerprint density at radius 1 is 1.06 bits per heavy atom. The van der Waals surface area contributed by atoms with E-state index in [-0.39, 0.29) is 22.5 Å². The first-order chi connectivity index (χ1) is 16.6. The molecule has 1 saturated carbocycles. The van der Waals surface area contributed by atoms with Crippen molar-refractivity contribution in [1.29, 1.82) is 0 Å². The fourth-order valence-electron chi connectivity index (χ4n) is 4.72. The molecule has 35 heavy (non-hydrogen) atoms. The highest BCUT2D eigenvalue weighted by Crippen LogP contribution is 2.25. The quantitative estimate of drug-likeness (QED) is 0.540. The van der Waals surface area contributed by atoms with Crippen LogP contribution in [0.15, 0.2) is 58.2 Å². The van der Waals surface area contributed by atoms with Crippen LogP contribution >= 0.6 is 0 Å². The number of sulfonamides is 1. The number of carbonyl (C=O) groups excluding carboxylic acids is 1. The van der Waals surface area contributed by atoms with Crippen molar-refractivity contribution in [2.75, 3.05) is 4.72 Å². The average molecular weight is 497 g/mol. The highest BCUT2D eigenvalue weighted by Gasteiger charge is 2.25. The first kappa shape index (κ1) is 24.8. The molecule has 2 aromatic carbocycles. The van der Waals surface area contributed by atoms with Gasteiger partial charge in [0, 0.05) is 18.7 Å². The minimum atomic E-state index is -4.12. The van der Waals surface area contributed by atoms with Crippen molar-refractivity contribution < 1.29 is 13.2 Å². The maximum Gasteiger partial charge on any atom is 0.296 e. The van der Waals surface area contributed by atoms with E-state index < -0.39 is 15.6 Å². The SMILES string of the molecule is Cc1ccc(S(=O)(=O)Nc2c(C)n(C)n(-c3ccccc3)c2=O)cc1C(=O)NC1CCCC(C)C1. The van der Waals surface area contributed by atoms with Crippen LogP contribution in [0, 0.1) is 19.8 Å². The number of amides is 1. The predicted molar refractivity (Wildman–Crippen MR) is 137 cm³/mol. The predicted octanol–water partition coefficient (Wildman–Crippen LogP) is 3.90. The summed E-state index contributed by atoms with van der Waals surface area (Å²) < 4.78 is 32.0. The Labute approximate surface area is 206 Å². The van der Waals surface area contributed by atoms with Crippen molar-refractivity contribution in [2.45, 2.75) is 57.4 Å². The summed E-state index contributed by atoms with van der Waals surface area (Å²) in [6.45, 7) is 5.64. The Morgan fingerprint density at radius 3 is 2.46 bits per heavy atom. The van der Waals surface area contributed by atoms with Crippen molar-refractivity contribution in [3.63, 3.8) is 0 Å². The number of nitrogens with zero attached hydrogens (tertiary/aromatic N) is 2. The highest BCUT2D eigenvalue weighted by atomic mass is 32.2. The lowest BCUT2D eigenvalue weighted by molar-refractivity contribution is 0.0920. The zero-order valence-corrected chi connectivity index (χ0v) is 21.4. The van der Waals surface area contributed by atoms with Crippen molar-refractivity contribution >= 4 is 21.6 Å². The van der Waals surface area contributed by atoms with Crippen molar-refractivity contribution in [3.8, 4) is 5.69 Å². The van der Waals surface area contributed by atoms with Crippen LogP contribution in [-0.2, 0) is 17.1 Å². The monoisotopic (exact) mass is 496 g/mol. The molecule has 0 saturated heterocycles. The highest BCUT2D eigenvalue weighted by molar-refractivity contribution is 7.92. The van der Waals surface area contributed by atoms with Crippen LogP contribution in [0.1, 0.15) is 54.2 Å². The molecule has 9 heteroatoms. The van der Waals surface area contributed by atoms with E-state index in [1.165, 1.54) is 16.8 Å². The number of anilines is 1. The summed E-state index contributed by atoms with van der Waals surface area (Å²) in [5.41, 5.74) is 1.60. The van der Waals surface area contributed by atoms with Crippen molar-refractivity contribution in [3.05, 3.63) is 75.7 Å². The lowest BCUT2D eigenvalue weighted by Gasteiger charge is -2.27. The van der Waals surface area contributed by atoms with Crippen LogP contribution < -0.4 is 15.6 Å². The molecular formula is C26H32N4O4S. The van der Waals surface area contributed by atoms with Crippen molar-refractivity contribution in [1.82, 2.24) is 14.7 Å². The van der Waals surface area contributed by atoms with Crippen LogP contribution in [0.5, 0.6) is 0 Å². The van der Waals surface area contributed by atoms with Gasteiger partial charge in [-0.1, -0.05) is 44.0 Å². The molecule has 0 spiro atoms. The fourth-order valence-corrected chi connectivity index (χ4v) is 5.86. The largest absolute Gasteiger partial charge is 0.349 e. The first-order valence-corrected chi connectivity index (χ1v) is 13.3. The molecule has 3 aromatic rings. The molecule has 1 aromatic heterocycles. The third kappa shape index (κ3) is 5.05. The van der Waals surface area contributed by atoms with Gasteiger partial charge >= 0.3 is 0 Å². The van der Waals surface area contributed by atoms with E-state index in [0.717, 1.165) is 25.7 Å². The van der Waals surface area contributed by atoms with Crippen molar-refractivity contribution in [2.24, 2.45) is 13.0 Å². The Bertz CT molecular complexity index is 1410. The number of hydrogen-bond donors (Lipinski definition) is 2. The van der Waals surface area contributed by atoms with E-state index in [2.05, 4.69) is 17.0 Å². The lowest BCUT2D eigenvalue weighted by Crippen LogP contribution is -2.38. The third-order valence-corrected chi connectivity index (χ3v) is 8.17. The number of para-hydroxylation sites is 1. The van der Waals surface area contributed by atoms with E-state index in [1.54, 1.807) is 55.9 Å². The van der Waals surface area contributed by atoms with Gasteiger partial charge < -0.3 is 5.32 Å². The number of hydrogen-bond acceptors (Lipinski definition) is 4. The third-order valence-electron chi connectivity index (χ3n) is 6.83. The fraction of sp³-hybridized carbons (Fsp3) is 0.385. The first-order valence-electron chi connectivity index (χ1n) is 11.9. The molecule has 1 fully saturated rings. The molecule has 2 unspecified atom stereocenters. The Hall–Kier alpha value is -3.33. The zero-order valence-electron chi connectivity index (χ0n) is 20.5. The number of rotatable bonds is 6. The second-order valence-corrected chi connectivity index (χ2v) is 11.1. The Balaban J connectivity index is 1.63.